The summed E-state index contributed by atoms with van der Waals surface area (Å²) in [6.45, 7) is 2.19. The van der Waals surface area contributed by atoms with Crippen molar-refractivity contribution in [2.24, 2.45) is 5.92 Å². The van der Waals surface area contributed by atoms with Crippen LogP contribution < -0.4 is 4.74 Å². The molecule has 0 bridgehead atoms. The predicted molar refractivity (Wildman–Crippen MR) is 73.5 cm³/mol. The molecule has 0 aliphatic heterocycles. The fraction of sp³-hybridized carbons (Fsp3) is 0.533. The van der Waals surface area contributed by atoms with Gasteiger partial charge in [-0.2, -0.15) is 0 Å². The quantitative estimate of drug-likeness (QED) is 0.750. The Morgan fingerprint density at radius 1 is 1.39 bits per heavy atom. The summed E-state index contributed by atoms with van der Waals surface area (Å²) in [4.78, 5) is 11.0. The van der Waals surface area contributed by atoms with Crippen molar-refractivity contribution < 1.29 is 9.53 Å². The summed E-state index contributed by atoms with van der Waals surface area (Å²) in [6, 6.07) is 5.29. The van der Waals surface area contributed by atoms with E-state index in [1.165, 1.54) is 19.3 Å². The Hall–Kier alpha value is -1.02. The van der Waals surface area contributed by atoms with E-state index in [0.717, 1.165) is 19.1 Å². The largest absolute Gasteiger partial charge is 0.488 e. The van der Waals surface area contributed by atoms with Crippen molar-refractivity contribution in [3.8, 4) is 5.75 Å². The van der Waals surface area contributed by atoms with Crippen molar-refractivity contribution in [2.75, 3.05) is 0 Å². The van der Waals surface area contributed by atoms with Crippen LogP contribution in [0.1, 0.15) is 49.4 Å². The van der Waals surface area contributed by atoms with Crippen LogP contribution in [0.15, 0.2) is 18.2 Å². The molecule has 0 radical (unpaired) electrons. The van der Waals surface area contributed by atoms with E-state index < -0.39 is 0 Å². The van der Waals surface area contributed by atoms with Crippen LogP contribution in [0, 0.1) is 5.92 Å². The summed E-state index contributed by atoms with van der Waals surface area (Å²) in [5.74, 6) is 1.13. The highest BCUT2D eigenvalue weighted by molar-refractivity contribution is 6.32. The number of hydrogen-bond donors (Lipinski definition) is 0. The van der Waals surface area contributed by atoms with Gasteiger partial charge in [0.05, 0.1) is 10.6 Å². The van der Waals surface area contributed by atoms with Crippen molar-refractivity contribution in [2.45, 2.75) is 45.1 Å². The Kier molecular flexibility index (Phi) is 4.65. The molecule has 2 unspecified atom stereocenters. The van der Waals surface area contributed by atoms with E-state index in [1.807, 2.05) is 0 Å². The fourth-order valence-corrected chi connectivity index (χ4v) is 2.92. The number of ether oxygens (including phenoxy) is 1. The van der Waals surface area contributed by atoms with Crippen molar-refractivity contribution in [3.63, 3.8) is 0 Å². The third-order valence-electron chi connectivity index (χ3n) is 3.76. The molecule has 1 fully saturated rings. The Morgan fingerprint density at radius 2 is 2.17 bits per heavy atom. The summed E-state index contributed by atoms with van der Waals surface area (Å²) in [6.07, 6.45) is 6.87. The lowest BCUT2D eigenvalue weighted by molar-refractivity contribution is 0.0884. The minimum atomic E-state index is 0.197. The lowest BCUT2D eigenvalue weighted by atomic mass is 9.84. The minimum absolute atomic E-state index is 0.197. The monoisotopic (exact) mass is 266 g/mol. The van der Waals surface area contributed by atoms with Gasteiger partial charge in [0, 0.05) is 0 Å². The summed E-state index contributed by atoms with van der Waals surface area (Å²) in [7, 11) is 0. The van der Waals surface area contributed by atoms with Gasteiger partial charge >= 0.3 is 0 Å². The molecule has 98 valence electrons. The number of benzene rings is 1. The van der Waals surface area contributed by atoms with Crippen LogP contribution >= 0.6 is 11.6 Å². The zero-order valence-corrected chi connectivity index (χ0v) is 11.5. The third-order valence-corrected chi connectivity index (χ3v) is 4.05. The summed E-state index contributed by atoms with van der Waals surface area (Å²) >= 11 is 6.13. The Morgan fingerprint density at radius 3 is 2.89 bits per heavy atom. The van der Waals surface area contributed by atoms with E-state index in [-0.39, 0.29) is 6.10 Å². The fourth-order valence-electron chi connectivity index (χ4n) is 2.69. The summed E-state index contributed by atoms with van der Waals surface area (Å²) < 4.78 is 6.05. The molecule has 1 saturated carbocycles. The van der Waals surface area contributed by atoms with E-state index in [0.29, 0.717) is 22.3 Å². The molecule has 2 atom stereocenters. The highest BCUT2D eigenvalue weighted by Gasteiger charge is 2.26. The molecule has 0 heterocycles. The molecule has 2 nitrogen and oxygen atoms in total. The molecular weight excluding hydrogens is 248 g/mol. The molecule has 1 aromatic rings. The Bertz CT molecular complexity index is 417. The number of rotatable bonds is 4. The van der Waals surface area contributed by atoms with Gasteiger partial charge in [0.15, 0.2) is 6.29 Å². The molecule has 18 heavy (non-hydrogen) atoms. The standard InChI is InChI=1S/C15H19ClO2/c1-2-11-6-3-4-9-14(11)18-15-12(10-17)7-5-8-13(15)16/h5,7-8,10-11,14H,2-4,6,9H2,1H3. The van der Waals surface area contributed by atoms with E-state index in [1.54, 1.807) is 18.2 Å². The number of halogens is 1. The minimum Gasteiger partial charge on any atom is -0.488 e. The number of aldehydes is 1. The smallest absolute Gasteiger partial charge is 0.153 e. The van der Waals surface area contributed by atoms with Gasteiger partial charge in [0.25, 0.3) is 0 Å². The summed E-state index contributed by atoms with van der Waals surface area (Å²) in [5.41, 5.74) is 0.544. The van der Waals surface area contributed by atoms with Gasteiger partial charge in [-0.15, -0.1) is 0 Å². The van der Waals surface area contributed by atoms with Gasteiger partial charge in [0.1, 0.15) is 11.9 Å². The van der Waals surface area contributed by atoms with Gasteiger partial charge in [-0.1, -0.05) is 31.0 Å². The molecule has 0 amide bonds. The van der Waals surface area contributed by atoms with Crippen LogP contribution in [0.25, 0.3) is 0 Å². The first kappa shape index (κ1) is 13.4. The van der Waals surface area contributed by atoms with E-state index >= 15 is 0 Å². The Balaban J connectivity index is 2.19. The van der Waals surface area contributed by atoms with Crippen LogP contribution in [0.5, 0.6) is 5.75 Å². The van der Waals surface area contributed by atoms with Gasteiger partial charge < -0.3 is 4.74 Å². The van der Waals surface area contributed by atoms with Gasteiger partial charge in [0.2, 0.25) is 0 Å². The number of carbonyl (C=O) groups is 1. The maximum atomic E-state index is 11.0. The zero-order chi connectivity index (χ0) is 13.0. The Labute approximate surface area is 113 Å². The third kappa shape index (κ3) is 2.86. The van der Waals surface area contributed by atoms with Crippen molar-refractivity contribution in [3.05, 3.63) is 28.8 Å². The maximum Gasteiger partial charge on any atom is 0.153 e. The highest BCUT2D eigenvalue weighted by atomic mass is 35.5. The molecule has 0 N–H and O–H groups in total. The number of para-hydroxylation sites is 1. The molecule has 1 aromatic carbocycles. The molecule has 0 saturated heterocycles. The first-order valence-electron chi connectivity index (χ1n) is 6.66. The number of hydrogen-bond acceptors (Lipinski definition) is 2. The second kappa shape index (κ2) is 6.24. The average molecular weight is 267 g/mol. The predicted octanol–water partition coefficient (Wildman–Crippen LogP) is 4.50. The zero-order valence-electron chi connectivity index (χ0n) is 10.7. The second-order valence-corrected chi connectivity index (χ2v) is 5.29. The molecule has 1 aliphatic rings. The molecule has 2 rings (SSSR count). The van der Waals surface area contributed by atoms with E-state index in [9.17, 15) is 4.79 Å². The molecule has 3 heteroatoms. The lowest BCUT2D eigenvalue weighted by Crippen LogP contribution is -2.30. The summed E-state index contributed by atoms with van der Waals surface area (Å²) in [5, 5.41) is 0.528. The topological polar surface area (TPSA) is 26.3 Å². The van der Waals surface area contributed by atoms with Crippen LogP contribution in [0.4, 0.5) is 0 Å². The van der Waals surface area contributed by atoms with Crippen LogP contribution in [-0.2, 0) is 0 Å². The van der Waals surface area contributed by atoms with Crippen LogP contribution in [0.2, 0.25) is 5.02 Å². The van der Waals surface area contributed by atoms with Crippen LogP contribution in [-0.4, -0.2) is 12.4 Å². The van der Waals surface area contributed by atoms with Gasteiger partial charge in [-0.25, -0.2) is 0 Å². The second-order valence-electron chi connectivity index (χ2n) is 4.89. The average Bonchev–Trinajstić information content (AvgIpc) is 2.41. The van der Waals surface area contributed by atoms with E-state index in [2.05, 4.69) is 6.92 Å². The first-order valence-corrected chi connectivity index (χ1v) is 7.04. The molecule has 0 spiro atoms. The van der Waals surface area contributed by atoms with Crippen LogP contribution in [0.3, 0.4) is 0 Å². The normalized spacial score (nSPS) is 23.7. The van der Waals surface area contributed by atoms with Crippen molar-refractivity contribution >= 4 is 17.9 Å². The van der Waals surface area contributed by atoms with Gasteiger partial charge in [-0.05, 0) is 43.7 Å². The molecule has 1 aliphatic carbocycles. The molecular formula is C15H19ClO2. The van der Waals surface area contributed by atoms with Crippen molar-refractivity contribution in [1.29, 1.82) is 0 Å². The van der Waals surface area contributed by atoms with Crippen molar-refractivity contribution in [1.82, 2.24) is 0 Å². The van der Waals surface area contributed by atoms with Gasteiger partial charge in [-0.3, -0.25) is 4.79 Å². The molecule has 0 aromatic heterocycles. The SMILES string of the molecule is CCC1CCCCC1Oc1c(Cl)cccc1C=O. The number of carbonyl (C=O) groups excluding carboxylic acids is 1. The van der Waals surface area contributed by atoms with E-state index in [4.69, 9.17) is 16.3 Å². The lowest BCUT2D eigenvalue weighted by Gasteiger charge is -2.31. The maximum absolute atomic E-state index is 11.0. The highest BCUT2D eigenvalue weighted by Crippen LogP contribution is 2.34. The first-order chi connectivity index (χ1) is 8.76.